The summed E-state index contributed by atoms with van der Waals surface area (Å²) in [5, 5.41) is 10.1. The van der Waals surface area contributed by atoms with E-state index in [9.17, 15) is 9.90 Å². The van der Waals surface area contributed by atoms with Gasteiger partial charge in [-0.15, -0.1) is 0 Å². The molecule has 5 heteroatoms. The topological polar surface area (TPSA) is 59.0 Å². The van der Waals surface area contributed by atoms with Crippen LogP contribution in [-0.2, 0) is 4.74 Å². The van der Waals surface area contributed by atoms with Gasteiger partial charge >= 0.3 is 5.97 Å². The molecule has 2 aliphatic heterocycles. The van der Waals surface area contributed by atoms with E-state index >= 15 is 0 Å². The zero-order chi connectivity index (χ0) is 15.4. The fourth-order valence-corrected chi connectivity index (χ4v) is 4.11. The Morgan fingerprint density at radius 1 is 1.41 bits per heavy atom. The second kappa shape index (κ2) is 4.74. The van der Waals surface area contributed by atoms with Gasteiger partial charge in [-0.25, -0.2) is 4.79 Å². The molecule has 116 valence electrons. The summed E-state index contributed by atoms with van der Waals surface area (Å²) in [4.78, 5) is 14.6. The normalized spacial score (nSPS) is 30.0. The fourth-order valence-electron chi connectivity index (χ4n) is 4.11. The van der Waals surface area contributed by atoms with E-state index in [1.165, 1.54) is 12.7 Å². The Kier molecular flexibility index (Phi) is 2.94. The molecule has 1 aromatic carbocycles. The minimum atomic E-state index is -0.327. The molecule has 0 aromatic heterocycles. The number of hydrogen-bond acceptors (Lipinski definition) is 5. The molecule has 2 heterocycles. The summed E-state index contributed by atoms with van der Waals surface area (Å²) in [5.74, 6) is 0.135. The first kappa shape index (κ1) is 13.6. The Labute approximate surface area is 129 Å². The van der Waals surface area contributed by atoms with Crippen molar-refractivity contribution in [1.82, 2.24) is 4.90 Å². The fraction of sp³-hybridized carbons (Fsp3) is 0.471. The van der Waals surface area contributed by atoms with E-state index in [0.29, 0.717) is 11.3 Å². The van der Waals surface area contributed by atoms with Gasteiger partial charge in [-0.1, -0.05) is 11.6 Å². The van der Waals surface area contributed by atoms with Gasteiger partial charge in [-0.3, -0.25) is 4.90 Å². The van der Waals surface area contributed by atoms with Gasteiger partial charge in [0.1, 0.15) is 6.10 Å². The molecule has 0 bridgehead atoms. The number of ether oxygens (including phenoxy) is 2. The molecule has 1 fully saturated rings. The smallest absolute Gasteiger partial charge is 0.338 e. The zero-order valence-corrected chi connectivity index (χ0v) is 12.7. The van der Waals surface area contributed by atoms with Crippen molar-refractivity contribution in [1.29, 1.82) is 0 Å². The van der Waals surface area contributed by atoms with E-state index < -0.39 is 0 Å². The van der Waals surface area contributed by atoms with Crippen LogP contribution in [0.1, 0.15) is 34.7 Å². The third-order valence-electron chi connectivity index (χ3n) is 5.15. The van der Waals surface area contributed by atoms with Gasteiger partial charge in [0.2, 0.25) is 0 Å². The third-order valence-corrected chi connectivity index (χ3v) is 5.15. The van der Waals surface area contributed by atoms with E-state index in [0.717, 1.165) is 24.9 Å². The number of benzene rings is 1. The second-order valence-corrected chi connectivity index (χ2v) is 6.27. The van der Waals surface area contributed by atoms with Crippen LogP contribution in [0.4, 0.5) is 0 Å². The van der Waals surface area contributed by atoms with Crippen molar-refractivity contribution in [2.45, 2.75) is 30.9 Å². The summed E-state index contributed by atoms with van der Waals surface area (Å²) >= 11 is 0. The first-order valence-electron chi connectivity index (χ1n) is 7.61. The molecule has 0 radical (unpaired) electrons. The Morgan fingerprint density at radius 3 is 3.00 bits per heavy atom. The second-order valence-electron chi connectivity index (χ2n) is 6.27. The van der Waals surface area contributed by atoms with Gasteiger partial charge in [0.25, 0.3) is 0 Å². The molecule has 1 aliphatic carbocycles. The lowest BCUT2D eigenvalue weighted by Gasteiger charge is -2.41. The van der Waals surface area contributed by atoms with Crippen molar-refractivity contribution in [2.75, 3.05) is 20.7 Å². The van der Waals surface area contributed by atoms with E-state index in [4.69, 9.17) is 9.47 Å². The number of phenolic OH excluding ortho intramolecular Hbond substituents is 1. The van der Waals surface area contributed by atoms with E-state index in [-0.39, 0.29) is 29.8 Å². The highest BCUT2D eigenvalue weighted by atomic mass is 16.5. The van der Waals surface area contributed by atoms with Gasteiger partial charge in [0.15, 0.2) is 11.5 Å². The highest BCUT2D eigenvalue weighted by molar-refractivity contribution is 5.94. The van der Waals surface area contributed by atoms with Crippen LogP contribution in [0.15, 0.2) is 23.8 Å². The molecular formula is C17H19NO4. The molecule has 4 rings (SSSR count). The predicted molar refractivity (Wildman–Crippen MR) is 80.3 cm³/mol. The van der Waals surface area contributed by atoms with Crippen LogP contribution in [0, 0.1) is 0 Å². The van der Waals surface area contributed by atoms with E-state index in [1.54, 1.807) is 12.1 Å². The maximum Gasteiger partial charge on any atom is 0.338 e. The summed E-state index contributed by atoms with van der Waals surface area (Å²) in [5.41, 5.74) is 2.81. The van der Waals surface area contributed by atoms with Gasteiger partial charge in [0.05, 0.1) is 12.7 Å². The van der Waals surface area contributed by atoms with Crippen LogP contribution >= 0.6 is 0 Å². The number of carbonyl (C=O) groups is 1. The minimum Gasteiger partial charge on any atom is -0.504 e. The van der Waals surface area contributed by atoms with Crippen LogP contribution in [0.2, 0.25) is 0 Å². The number of phenols is 1. The van der Waals surface area contributed by atoms with Gasteiger partial charge in [-0.2, -0.15) is 0 Å². The lowest BCUT2D eigenvalue weighted by atomic mass is 9.75. The highest BCUT2D eigenvalue weighted by Crippen LogP contribution is 2.47. The summed E-state index contributed by atoms with van der Waals surface area (Å²) < 4.78 is 10.8. The standard InChI is InChI=1S/C17H19NO4/c1-18-6-5-9-3-4-13-15(16(9)18)10-7-12(19)14(21-2)8-11(10)17(20)22-13/h3,7-8,13,15-16,19H,4-6H2,1-2H3/t13-,15-,16-/m1/s1. The highest BCUT2D eigenvalue weighted by Gasteiger charge is 2.47. The van der Waals surface area contributed by atoms with Crippen LogP contribution in [0.25, 0.3) is 0 Å². The van der Waals surface area contributed by atoms with Crippen molar-refractivity contribution in [3.63, 3.8) is 0 Å². The van der Waals surface area contributed by atoms with Gasteiger partial charge < -0.3 is 14.6 Å². The van der Waals surface area contributed by atoms with Crippen molar-refractivity contribution in [3.8, 4) is 11.5 Å². The van der Waals surface area contributed by atoms with Crippen LogP contribution in [0.5, 0.6) is 11.5 Å². The lowest BCUT2D eigenvalue weighted by molar-refractivity contribution is 0.00908. The molecule has 5 nitrogen and oxygen atoms in total. The number of esters is 1. The van der Waals surface area contributed by atoms with Crippen LogP contribution < -0.4 is 4.74 Å². The number of methoxy groups -OCH3 is 1. The first-order valence-corrected chi connectivity index (χ1v) is 7.61. The maximum atomic E-state index is 12.3. The van der Waals surface area contributed by atoms with Crippen LogP contribution in [-0.4, -0.2) is 48.8 Å². The van der Waals surface area contributed by atoms with Crippen molar-refractivity contribution >= 4 is 5.97 Å². The van der Waals surface area contributed by atoms with Gasteiger partial charge in [0, 0.05) is 24.9 Å². The molecule has 0 amide bonds. The first-order chi connectivity index (χ1) is 10.6. The molecule has 3 aliphatic rings. The molecule has 0 saturated carbocycles. The monoisotopic (exact) mass is 301 g/mol. The lowest BCUT2D eigenvalue weighted by Crippen LogP contribution is -2.45. The molecule has 0 spiro atoms. The molecule has 1 N–H and O–H groups in total. The Balaban J connectivity index is 1.87. The number of fused-ring (bicyclic) bond motifs is 5. The third kappa shape index (κ3) is 1.78. The number of aromatic hydroxyl groups is 1. The average Bonchev–Trinajstić information content (AvgIpc) is 2.88. The van der Waals surface area contributed by atoms with Crippen molar-refractivity contribution < 1.29 is 19.4 Å². The molecular weight excluding hydrogens is 282 g/mol. The number of nitrogens with zero attached hydrogens (tertiary/aromatic N) is 1. The van der Waals surface area contributed by atoms with Crippen LogP contribution in [0.3, 0.4) is 0 Å². The number of likely N-dealkylation sites (N-methyl/N-ethyl adjacent to an activating group) is 1. The van der Waals surface area contributed by atoms with Crippen molar-refractivity contribution in [3.05, 3.63) is 34.9 Å². The number of likely N-dealkylation sites (tertiary alicyclic amines) is 1. The van der Waals surface area contributed by atoms with Crippen molar-refractivity contribution in [2.24, 2.45) is 0 Å². The number of carbonyl (C=O) groups excluding carboxylic acids is 1. The number of hydrogen-bond donors (Lipinski definition) is 1. The largest absolute Gasteiger partial charge is 0.504 e. The zero-order valence-electron chi connectivity index (χ0n) is 12.7. The Bertz CT molecular complexity index is 681. The quantitative estimate of drug-likeness (QED) is 0.635. The number of rotatable bonds is 1. The predicted octanol–water partition coefficient (Wildman–Crippen LogP) is 2.06. The minimum absolute atomic E-state index is 0.0754. The molecule has 1 aromatic rings. The summed E-state index contributed by atoms with van der Waals surface area (Å²) in [7, 11) is 3.58. The molecule has 1 saturated heterocycles. The van der Waals surface area contributed by atoms with E-state index in [2.05, 4.69) is 18.0 Å². The maximum absolute atomic E-state index is 12.3. The van der Waals surface area contributed by atoms with Gasteiger partial charge in [-0.05, 0) is 31.2 Å². The molecule has 22 heavy (non-hydrogen) atoms. The average molecular weight is 301 g/mol. The van der Waals surface area contributed by atoms with E-state index in [1.807, 2.05) is 0 Å². The summed E-state index contributed by atoms with van der Waals surface area (Å²) in [6.45, 7) is 1.02. The SMILES string of the molecule is COc1cc2c(cc1O)[C@H]1[C@H]3C(=CC[C@H]1OC2=O)CCN3C. The molecule has 3 atom stereocenters. The Morgan fingerprint density at radius 2 is 2.23 bits per heavy atom. The molecule has 0 unspecified atom stereocenters. The summed E-state index contributed by atoms with van der Waals surface area (Å²) in [6.07, 6.45) is 3.89. The summed E-state index contributed by atoms with van der Waals surface area (Å²) in [6, 6.07) is 3.52. The Hall–Kier alpha value is -2.01.